The van der Waals surface area contributed by atoms with Gasteiger partial charge < -0.3 is 10.6 Å². The Morgan fingerprint density at radius 2 is 2.05 bits per heavy atom. The van der Waals surface area contributed by atoms with E-state index in [1.165, 1.54) is 0 Å². The Kier molecular flexibility index (Phi) is 3.09. The number of aromatic amines is 1. The van der Waals surface area contributed by atoms with Crippen molar-refractivity contribution >= 4 is 28.2 Å². The predicted molar refractivity (Wildman–Crippen MR) is 80.0 cm³/mol. The molecular weight excluding hydrogens is 252 g/mol. The minimum Gasteiger partial charge on any atom is -0.387 e. The van der Waals surface area contributed by atoms with Crippen LogP contribution in [0, 0.1) is 0 Å². The highest BCUT2D eigenvalue weighted by Crippen LogP contribution is 2.19. The average Bonchev–Trinajstić information content (AvgIpc) is 2.94. The maximum absolute atomic E-state index is 12.3. The highest BCUT2D eigenvalue weighted by atomic mass is 16.1. The van der Waals surface area contributed by atoms with Crippen LogP contribution in [-0.2, 0) is 0 Å². The van der Waals surface area contributed by atoms with Gasteiger partial charge in [-0.25, -0.2) is 0 Å². The third-order valence-electron chi connectivity index (χ3n) is 3.14. The fourth-order valence-corrected chi connectivity index (χ4v) is 2.11. The predicted octanol–water partition coefficient (Wildman–Crippen LogP) is 2.86. The highest BCUT2D eigenvalue weighted by Gasteiger charge is 2.10. The minimum atomic E-state index is -0.145. The van der Waals surface area contributed by atoms with Gasteiger partial charge in [0.25, 0.3) is 5.91 Å². The topological polar surface area (TPSA) is 69.8 Å². The number of rotatable bonds is 3. The number of aromatic nitrogens is 2. The quantitative estimate of drug-likeness (QED) is 0.682. The summed E-state index contributed by atoms with van der Waals surface area (Å²) in [6.07, 6.45) is 1.75. The molecule has 1 heterocycles. The van der Waals surface area contributed by atoms with E-state index in [1.807, 2.05) is 36.4 Å². The second kappa shape index (κ2) is 5.05. The Hall–Kier alpha value is -2.82. The maximum Gasteiger partial charge on any atom is 0.257 e. The molecule has 0 saturated heterocycles. The molecule has 0 atom stereocenters. The molecule has 0 bridgehead atoms. The van der Waals surface area contributed by atoms with Gasteiger partial charge in [0.2, 0.25) is 0 Å². The van der Waals surface area contributed by atoms with Gasteiger partial charge in [-0.2, -0.15) is 5.10 Å². The molecule has 0 aliphatic heterocycles. The summed E-state index contributed by atoms with van der Waals surface area (Å²) in [5.74, 6) is -0.145. The fourth-order valence-electron chi connectivity index (χ4n) is 2.11. The second-order valence-electron chi connectivity index (χ2n) is 4.42. The van der Waals surface area contributed by atoms with Gasteiger partial charge in [-0.15, -0.1) is 0 Å². The summed E-state index contributed by atoms with van der Waals surface area (Å²) in [4.78, 5) is 12.3. The monoisotopic (exact) mass is 266 g/mol. The lowest BCUT2D eigenvalue weighted by molar-refractivity contribution is 0.102. The lowest BCUT2D eigenvalue weighted by Crippen LogP contribution is -2.13. The Morgan fingerprint density at radius 1 is 1.20 bits per heavy atom. The van der Waals surface area contributed by atoms with E-state index in [4.69, 9.17) is 0 Å². The van der Waals surface area contributed by atoms with E-state index in [-0.39, 0.29) is 5.91 Å². The molecule has 1 aromatic heterocycles. The molecule has 0 radical (unpaired) electrons. The van der Waals surface area contributed by atoms with Crippen LogP contribution in [0.2, 0.25) is 0 Å². The van der Waals surface area contributed by atoms with Crippen LogP contribution in [0.3, 0.4) is 0 Å². The fraction of sp³-hybridized carbons (Fsp3) is 0.0667. The average molecular weight is 266 g/mol. The van der Waals surface area contributed by atoms with E-state index in [2.05, 4.69) is 20.8 Å². The highest BCUT2D eigenvalue weighted by molar-refractivity contribution is 6.08. The zero-order valence-electron chi connectivity index (χ0n) is 11.0. The van der Waals surface area contributed by atoms with Gasteiger partial charge in [0.15, 0.2) is 0 Å². The van der Waals surface area contributed by atoms with E-state index >= 15 is 0 Å². The van der Waals surface area contributed by atoms with Gasteiger partial charge >= 0.3 is 0 Å². The summed E-state index contributed by atoms with van der Waals surface area (Å²) in [6.45, 7) is 0. The Bertz CT molecular complexity index is 763. The number of hydrogen-bond acceptors (Lipinski definition) is 3. The van der Waals surface area contributed by atoms with Crippen LogP contribution in [0.1, 0.15) is 10.4 Å². The van der Waals surface area contributed by atoms with E-state index in [9.17, 15) is 4.79 Å². The normalized spacial score (nSPS) is 10.4. The van der Waals surface area contributed by atoms with E-state index in [1.54, 1.807) is 19.3 Å². The van der Waals surface area contributed by atoms with Crippen LogP contribution in [0.5, 0.6) is 0 Å². The van der Waals surface area contributed by atoms with Gasteiger partial charge in [-0.05, 0) is 30.3 Å². The number of carbonyl (C=O) groups is 1. The zero-order valence-corrected chi connectivity index (χ0v) is 11.0. The first-order chi connectivity index (χ1) is 9.78. The molecule has 0 saturated carbocycles. The van der Waals surface area contributed by atoms with Crippen molar-refractivity contribution in [3.05, 3.63) is 54.2 Å². The summed E-state index contributed by atoms with van der Waals surface area (Å²) < 4.78 is 0. The Morgan fingerprint density at radius 3 is 2.90 bits per heavy atom. The van der Waals surface area contributed by atoms with E-state index < -0.39 is 0 Å². The molecule has 0 aliphatic rings. The largest absolute Gasteiger partial charge is 0.387 e. The third kappa shape index (κ3) is 2.21. The van der Waals surface area contributed by atoms with Crippen molar-refractivity contribution in [2.24, 2.45) is 0 Å². The van der Waals surface area contributed by atoms with Crippen molar-refractivity contribution < 1.29 is 4.79 Å². The number of anilines is 2. The van der Waals surface area contributed by atoms with E-state index in [0.29, 0.717) is 5.56 Å². The molecule has 1 amide bonds. The van der Waals surface area contributed by atoms with Gasteiger partial charge in [0.05, 0.1) is 17.3 Å². The molecule has 20 heavy (non-hydrogen) atoms. The van der Waals surface area contributed by atoms with Crippen molar-refractivity contribution in [2.75, 3.05) is 17.7 Å². The minimum absolute atomic E-state index is 0.145. The molecule has 3 rings (SSSR count). The number of nitrogens with zero attached hydrogens (tertiary/aromatic N) is 1. The summed E-state index contributed by atoms with van der Waals surface area (Å²) in [5.41, 5.74) is 3.04. The van der Waals surface area contributed by atoms with Crippen LogP contribution in [0.25, 0.3) is 10.9 Å². The van der Waals surface area contributed by atoms with Crippen LogP contribution < -0.4 is 10.6 Å². The van der Waals surface area contributed by atoms with Gasteiger partial charge in [-0.3, -0.25) is 9.89 Å². The smallest absolute Gasteiger partial charge is 0.257 e. The number of nitrogens with one attached hydrogen (secondary N) is 3. The number of H-pyrrole nitrogens is 1. The molecule has 0 aliphatic carbocycles. The number of para-hydroxylation sites is 1. The zero-order chi connectivity index (χ0) is 13.9. The number of carbonyl (C=O) groups excluding carboxylic acids is 1. The van der Waals surface area contributed by atoms with Crippen molar-refractivity contribution in [3.8, 4) is 0 Å². The molecule has 0 spiro atoms. The van der Waals surface area contributed by atoms with Crippen molar-refractivity contribution in [1.29, 1.82) is 0 Å². The van der Waals surface area contributed by atoms with Gasteiger partial charge in [0.1, 0.15) is 0 Å². The molecule has 5 heteroatoms. The Labute approximate surface area is 116 Å². The molecular formula is C15H14N4O. The molecule has 5 nitrogen and oxygen atoms in total. The number of hydrogen-bond donors (Lipinski definition) is 3. The molecule has 100 valence electrons. The van der Waals surface area contributed by atoms with Crippen molar-refractivity contribution in [3.63, 3.8) is 0 Å². The van der Waals surface area contributed by atoms with Crippen LogP contribution in [0.4, 0.5) is 11.4 Å². The van der Waals surface area contributed by atoms with Crippen molar-refractivity contribution in [2.45, 2.75) is 0 Å². The van der Waals surface area contributed by atoms with Gasteiger partial charge in [0, 0.05) is 23.8 Å². The van der Waals surface area contributed by atoms with Crippen molar-refractivity contribution in [1.82, 2.24) is 10.2 Å². The summed E-state index contributed by atoms with van der Waals surface area (Å²) >= 11 is 0. The van der Waals surface area contributed by atoms with E-state index in [0.717, 1.165) is 22.3 Å². The van der Waals surface area contributed by atoms with Gasteiger partial charge in [-0.1, -0.05) is 12.1 Å². The summed E-state index contributed by atoms with van der Waals surface area (Å²) in [6, 6.07) is 13.0. The Balaban J connectivity index is 1.88. The van der Waals surface area contributed by atoms with Crippen LogP contribution in [-0.4, -0.2) is 23.2 Å². The lowest BCUT2D eigenvalue weighted by Gasteiger charge is -2.09. The number of benzene rings is 2. The number of fused-ring (bicyclic) bond motifs is 1. The lowest BCUT2D eigenvalue weighted by atomic mass is 10.1. The molecule has 3 aromatic rings. The molecule has 2 aromatic carbocycles. The molecule has 0 unspecified atom stereocenters. The summed E-state index contributed by atoms with van der Waals surface area (Å²) in [5, 5.41) is 13.8. The first-order valence-electron chi connectivity index (χ1n) is 6.29. The first-order valence-corrected chi connectivity index (χ1v) is 6.29. The third-order valence-corrected chi connectivity index (χ3v) is 3.14. The van der Waals surface area contributed by atoms with Crippen LogP contribution >= 0.6 is 0 Å². The SMILES string of the molecule is CNc1ccccc1C(=O)Nc1ccc2cn[nH]c2c1. The molecule has 0 fully saturated rings. The maximum atomic E-state index is 12.3. The second-order valence-corrected chi connectivity index (χ2v) is 4.42. The first kappa shape index (κ1) is 12.2. The number of amides is 1. The molecule has 3 N–H and O–H groups in total. The van der Waals surface area contributed by atoms with Crippen LogP contribution in [0.15, 0.2) is 48.7 Å². The standard InChI is InChI=1S/C15H14N4O/c1-16-13-5-3-2-4-12(13)15(20)18-11-7-6-10-9-17-19-14(10)8-11/h2-9,16H,1H3,(H,17,19)(H,18,20). The summed E-state index contributed by atoms with van der Waals surface area (Å²) in [7, 11) is 1.79.